The molecule has 1 heterocycles. The van der Waals surface area contributed by atoms with Gasteiger partial charge >= 0.3 is 0 Å². The highest BCUT2D eigenvalue weighted by atomic mass is 35.5. The van der Waals surface area contributed by atoms with E-state index in [1.165, 1.54) is 16.4 Å². The number of sulfonamides is 1. The van der Waals surface area contributed by atoms with Crippen molar-refractivity contribution < 1.29 is 8.42 Å². The van der Waals surface area contributed by atoms with Crippen molar-refractivity contribution in [3.05, 3.63) is 53.6 Å². The van der Waals surface area contributed by atoms with E-state index in [0.29, 0.717) is 31.2 Å². The van der Waals surface area contributed by atoms with Gasteiger partial charge in [-0.1, -0.05) is 35.4 Å². The van der Waals surface area contributed by atoms with E-state index in [4.69, 9.17) is 23.2 Å². The van der Waals surface area contributed by atoms with Crippen LogP contribution < -0.4 is 0 Å². The molecule has 0 N–H and O–H groups in total. The lowest BCUT2D eigenvalue weighted by Crippen LogP contribution is -2.50. The Morgan fingerprint density at radius 1 is 1.08 bits per heavy atom. The SMILES string of the molecule is C=CCN(CC=C)CCN1CCN(S(=O)(=O)c2cc(Cl)ccc2Cl)CC1. The van der Waals surface area contributed by atoms with Gasteiger partial charge in [-0.05, 0) is 18.2 Å². The third kappa shape index (κ3) is 5.55. The summed E-state index contributed by atoms with van der Waals surface area (Å²) < 4.78 is 27.2. The Labute approximate surface area is 166 Å². The van der Waals surface area contributed by atoms with Gasteiger partial charge in [-0.2, -0.15) is 4.31 Å². The van der Waals surface area contributed by atoms with Crippen LogP contribution in [0.5, 0.6) is 0 Å². The lowest BCUT2D eigenvalue weighted by atomic mass is 10.3. The lowest BCUT2D eigenvalue weighted by Gasteiger charge is -2.35. The monoisotopic (exact) mass is 417 g/mol. The lowest BCUT2D eigenvalue weighted by molar-refractivity contribution is 0.167. The Kier molecular flexibility index (Phi) is 8.13. The van der Waals surface area contributed by atoms with Crippen molar-refractivity contribution in [1.82, 2.24) is 14.1 Å². The predicted octanol–water partition coefficient (Wildman–Crippen LogP) is 2.97. The summed E-state index contributed by atoms with van der Waals surface area (Å²) in [7, 11) is -3.63. The van der Waals surface area contributed by atoms with Crippen LogP contribution in [-0.2, 0) is 10.0 Å². The van der Waals surface area contributed by atoms with E-state index in [2.05, 4.69) is 23.0 Å². The minimum atomic E-state index is -3.63. The van der Waals surface area contributed by atoms with Crippen LogP contribution in [0.1, 0.15) is 0 Å². The molecule has 1 aromatic rings. The van der Waals surface area contributed by atoms with Crippen molar-refractivity contribution in [2.45, 2.75) is 4.90 Å². The molecule has 0 spiro atoms. The summed E-state index contributed by atoms with van der Waals surface area (Å²) in [6.07, 6.45) is 3.76. The maximum absolute atomic E-state index is 12.8. The average Bonchev–Trinajstić information content (AvgIpc) is 2.62. The molecule has 0 atom stereocenters. The van der Waals surface area contributed by atoms with Crippen LogP contribution in [0.3, 0.4) is 0 Å². The number of hydrogen-bond donors (Lipinski definition) is 0. The summed E-state index contributed by atoms with van der Waals surface area (Å²) in [5, 5.41) is 0.553. The van der Waals surface area contributed by atoms with Crippen LogP contribution in [0.15, 0.2) is 48.4 Å². The Bertz CT molecular complexity index is 722. The standard InChI is InChI=1S/C18H25Cl2N3O2S/c1-3-7-21(8-4-2)9-10-22-11-13-23(14-12-22)26(24,25)18-15-16(19)5-6-17(18)20/h3-6,15H,1-2,7-14H2. The van der Waals surface area contributed by atoms with E-state index in [9.17, 15) is 8.42 Å². The summed E-state index contributed by atoms with van der Waals surface area (Å²) in [4.78, 5) is 4.59. The van der Waals surface area contributed by atoms with Gasteiger partial charge in [0, 0.05) is 57.4 Å². The Balaban J connectivity index is 1.94. The minimum Gasteiger partial charge on any atom is -0.299 e. The van der Waals surface area contributed by atoms with Crippen molar-refractivity contribution >= 4 is 33.2 Å². The number of halogens is 2. The number of nitrogens with zero attached hydrogens (tertiary/aromatic N) is 3. The molecule has 26 heavy (non-hydrogen) atoms. The van der Waals surface area contributed by atoms with Gasteiger partial charge in [0.25, 0.3) is 0 Å². The molecule has 1 saturated heterocycles. The first kappa shape index (κ1) is 21.4. The maximum atomic E-state index is 12.8. The average molecular weight is 418 g/mol. The highest BCUT2D eigenvalue weighted by Gasteiger charge is 2.30. The third-order valence-electron chi connectivity index (χ3n) is 4.35. The highest BCUT2D eigenvalue weighted by molar-refractivity contribution is 7.89. The molecule has 0 aromatic heterocycles. The second-order valence-electron chi connectivity index (χ2n) is 6.16. The number of rotatable bonds is 9. The van der Waals surface area contributed by atoms with Gasteiger partial charge in [-0.25, -0.2) is 8.42 Å². The van der Waals surface area contributed by atoms with Crippen molar-refractivity contribution in [1.29, 1.82) is 0 Å². The van der Waals surface area contributed by atoms with Crippen LogP contribution >= 0.6 is 23.2 Å². The summed E-state index contributed by atoms with van der Waals surface area (Å²) in [5.74, 6) is 0. The quantitative estimate of drug-likeness (QED) is 0.579. The molecule has 1 aliphatic rings. The Morgan fingerprint density at radius 3 is 2.27 bits per heavy atom. The van der Waals surface area contributed by atoms with E-state index in [1.807, 2.05) is 12.2 Å². The van der Waals surface area contributed by atoms with E-state index in [-0.39, 0.29) is 9.92 Å². The second-order valence-corrected chi connectivity index (χ2v) is 8.91. The van der Waals surface area contributed by atoms with Crippen molar-refractivity contribution in [3.63, 3.8) is 0 Å². The van der Waals surface area contributed by atoms with Crippen molar-refractivity contribution in [2.24, 2.45) is 0 Å². The van der Waals surface area contributed by atoms with Gasteiger partial charge < -0.3 is 0 Å². The van der Waals surface area contributed by atoms with Crippen LogP contribution in [0.2, 0.25) is 10.0 Å². The van der Waals surface area contributed by atoms with Crippen LogP contribution in [0.4, 0.5) is 0 Å². The van der Waals surface area contributed by atoms with Crippen LogP contribution in [0, 0.1) is 0 Å². The summed E-state index contributed by atoms with van der Waals surface area (Å²) in [6, 6.07) is 4.51. The highest BCUT2D eigenvalue weighted by Crippen LogP contribution is 2.28. The fourth-order valence-corrected chi connectivity index (χ4v) is 5.07. The zero-order valence-electron chi connectivity index (χ0n) is 14.8. The first-order valence-corrected chi connectivity index (χ1v) is 10.7. The van der Waals surface area contributed by atoms with Crippen LogP contribution in [0.25, 0.3) is 0 Å². The zero-order chi connectivity index (χ0) is 19.2. The first-order chi connectivity index (χ1) is 12.4. The molecule has 5 nitrogen and oxygen atoms in total. The topological polar surface area (TPSA) is 43.9 Å². The maximum Gasteiger partial charge on any atom is 0.244 e. The van der Waals surface area contributed by atoms with E-state index in [1.54, 1.807) is 6.07 Å². The van der Waals surface area contributed by atoms with Gasteiger partial charge in [0.15, 0.2) is 0 Å². The second kappa shape index (κ2) is 9.88. The third-order valence-corrected chi connectivity index (χ3v) is 6.96. The van der Waals surface area contributed by atoms with E-state index >= 15 is 0 Å². The zero-order valence-corrected chi connectivity index (χ0v) is 17.1. The molecule has 8 heteroatoms. The fourth-order valence-electron chi connectivity index (χ4n) is 2.91. The number of benzene rings is 1. The largest absolute Gasteiger partial charge is 0.299 e. The molecule has 2 rings (SSSR count). The van der Waals surface area contributed by atoms with Crippen molar-refractivity contribution in [2.75, 3.05) is 52.4 Å². The summed E-state index contributed by atoms with van der Waals surface area (Å²) in [6.45, 7) is 13.2. The number of piperazine rings is 1. The predicted molar refractivity (Wildman–Crippen MR) is 108 cm³/mol. The molecule has 0 bridgehead atoms. The molecule has 144 valence electrons. The molecule has 0 radical (unpaired) electrons. The first-order valence-electron chi connectivity index (χ1n) is 8.50. The fraction of sp³-hybridized carbons (Fsp3) is 0.444. The van der Waals surface area contributed by atoms with Crippen molar-refractivity contribution in [3.8, 4) is 0 Å². The summed E-state index contributed by atoms with van der Waals surface area (Å²) >= 11 is 12.0. The molecule has 0 aliphatic carbocycles. The number of hydrogen-bond acceptors (Lipinski definition) is 4. The molecule has 1 aliphatic heterocycles. The normalized spacial score (nSPS) is 16.7. The molecule has 0 amide bonds. The molecule has 0 saturated carbocycles. The van der Waals surface area contributed by atoms with Gasteiger partial charge in [0.1, 0.15) is 4.90 Å². The van der Waals surface area contributed by atoms with Gasteiger partial charge in [-0.15, -0.1) is 13.2 Å². The van der Waals surface area contributed by atoms with E-state index < -0.39 is 10.0 Å². The Hall–Kier alpha value is -0.890. The van der Waals surface area contributed by atoms with Gasteiger partial charge in [0.2, 0.25) is 10.0 Å². The van der Waals surface area contributed by atoms with E-state index in [0.717, 1.165) is 26.2 Å². The Morgan fingerprint density at radius 2 is 1.69 bits per heavy atom. The molecule has 0 unspecified atom stereocenters. The molecular weight excluding hydrogens is 393 g/mol. The van der Waals surface area contributed by atoms with Gasteiger partial charge in [-0.3, -0.25) is 9.80 Å². The smallest absolute Gasteiger partial charge is 0.244 e. The van der Waals surface area contributed by atoms with Gasteiger partial charge in [0.05, 0.1) is 5.02 Å². The molecular formula is C18H25Cl2N3O2S. The van der Waals surface area contributed by atoms with Crippen LogP contribution in [-0.4, -0.2) is 74.9 Å². The minimum absolute atomic E-state index is 0.0725. The summed E-state index contributed by atoms with van der Waals surface area (Å²) in [5.41, 5.74) is 0. The molecule has 1 aromatic carbocycles. The molecule has 1 fully saturated rings.